The van der Waals surface area contributed by atoms with Gasteiger partial charge in [-0.3, -0.25) is 19.3 Å². The molecule has 0 unspecified atom stereocenters. The van der Waals surface area contributed by atoms with Crippen molar-refractivity contribution in [2.45, 2.75) is 38.6 Å². The van der Waals surface area contributed by atoms with Gasteiger partial charge in [-0.05, 0) is 43.2 Å². The van der Waals surface area contributed by atoms with Gasteiger partial charge in [0.1, 0.15) is 5.82 Å². The lowest BCUT2D eigenvalue weighted by Gasteiger charge is -2.18. The minimum atomic E-state index is -0.537. The Balaban J connectivity index is 1.44. The summed E-state index contributed by atoms with van der Waals surface area (Å²) in [6.07, 6.45) is 6.95. The van der Waals surface area contributed by atoms with Crippen LogP contribution in [0.2, 0.25) is 0 Å². The van der Waals surface area contributed by atoms with Gasteiger partial charge in [-0.25, -0.2) is 9.37 Å². The summed E-state index contributed by atoms with van der Waals surface area (Å²) in [4.78, 5) is 43.0. The van der Waals surface area contributed by atoms with Crippen LogP contribution < -0.4 is 15.5 Å². The molecule has 1 saturated carbocycles. The number of thiazole rings is 1. The van der Waals surface area contributed by atoms with E-state index >= 15 is 0 Å². The molecule has 2 aromatic carbocycles. The van der Waals surface area contributed by atoms with Crippen LogP contribution in [-0.2, 0) is 9.59 Å². The summed E-state index contributed by atoms with van der Waals surface area (Å²) in [6, 6.07) is 13.0. The zero-order valence-electron chi connectivity index (χ0n) is 19.2. The van der Waals surface area contributed by atoms with Crippen molar-refractivity contribution >= 4 is 51.6 Å². The van der Waals surface area contributed by atoms with E-state index in [1.54, 1.807) is 41.8 Å². The molecule has 0 aliphatic heterocycles. The number of anilines is 3. The number of nitrogens with zero attached hydrogens (tertiary/aromatic N) is 2. The largest absolute Gasteiger partial charge is 0.349 e. The summed E-state index contributed by atoms with van der Waals surface area (Å²) in [5.41, 5.74) is 1.36. The highest BCUT2D eigenvalue weighted by atomic mass is 32.1. The van der Waals surface area contributed by atoms with E-state index in [9.17, 15) is 18.8 Å². The zero-order chi connectivity index (χ0) is 24.8. The Morgan fingerprint density at radius 3 is 2.54 bits per heavy atom. The monoisotopic (exact) mass is 492 g/mol. The Morgan fingerprint density at radius 1 is 1.09 bits per heavy atom. The summed E-state index contributed by atoms with van der Waals surface area (Å²) in [5, 5.41) is 7.73. The summed E-state index contributed by atoms with van der Waals surface area (Å²) >= 11 is 1.16. The van der Waals surface area contributed by atoms with Gasteiger partial charge in [-0.15, -0.1) is 11.3 Å². The number of carbonyl (C=O) groups is 3. The highest BCUT2D eigenvalue weighted by Gasteiger charge is 2.21. The summed E-state index contributed by atoms with van der Waals surface area (Å²) < 4.78 is 14.2. The molecule has 9 heteroatoms. The third-order valence-corrected chi connectivity index (χ3v) is 6.48. The number of benzene rings is 2. The third-order valence-electron chi connectivity index (χ3n) is 5.63. The first-order chi connectivity index (χ1) is 16.9. The van der Waals surface area contributed by atoms with Crippen molar-refractivity contribution in [2.24, 2.45) is 0 Å². The average molecular weight is 493 g/mol. The van der Waals surface area contributed by atoms with E-state index in [1.807, 2.05) is 0 Å². The van der Waals surface area contributed by atoms with Crippen LogP contribution in [0.1, 0.15) is 48.7 Å². The van der Waals surface area contributed by atoms with E-state index in [0.717, 1.165) is 37.0 Å². The first-order valence-corrected chi connectivity index (χ1v) is 12.2. The maximum atomic E-state index is 14.2. The Bertz CT molecular complexity index is 1270. The maximum absolute atomic E-state index is 14.2. The molecule has 0 bridgehead atoms. The Kier molecular flexibility index (Phi) is 7.67. The zero-order valence-corrected chi connectivity index (χ0v) is 20.0. The van der Waals surface area contributed by atoms with Gasteiger partial charge >= 0.3 is 0 Å². The van der Waals surface area contributed by atoms with E-state index in [4.69, 9.17) is 0 Å². The lowest BCUT2D eigenvalue weighted by Crippen LogP contribution is -2.33. The number of hydrogen-bond acceptors (Lipinski definition) is 5. The van der Waals surface area contributed by atoms with E-state index in [2.05, 4.69) is 15.6 Å². The van der Waals surface area contributed by atoms with Gasteiger partial charge in [-0.2, -0.15) is 0 Å². The van der Waals surface area contributed by atoms with Gasteiger partial charge in [0, 0.05) is 24.4 Å². The second-order valence-electron chi connectivity index (χ2n) is 8.18. The molecule has 1 fully saturated rings. The minimum Gasteiger partial charge on any atom is -0.349 e. The van der Waals surface area contributed by atoms with E-state index in [0.29, 0.717) is 16.9 Å². The van der Waals surface area contributed by atoms with E-state index in [1.165, 1.54) is 36.1 Å². The van der Waals surface area contributed by atoms with E-state index in [-0.39, 0.29) is 28.7 Å². The van der Waals surface area contributed by atoms with Gasteiger partial charge in [0.25, 0.3) is 5.91 Å². The van der Waals surface area contributed by atoms with Crippen LogP contribution in [-0.4, -0.2) is 28.7 Å². The molecule has 0 radical (unpaired) electrons. The highest BCUT2D eigenvalue weighted by molar-refractivity contribution is 7.14. The van der Waals surface area contributed by atoms with Crippen LogP contribution in [0.4, 0.5) is 20.9 Å². The molecule has 4 rings (SSSR count). The van der Waals surface area contributed by atoms with Crippen molar-refractivity contribution in [1.29, 1.82) is 0 Å². The molecule has 0 saturated heterocycles. The molecule has 0 spiro atoms. The second kappa shape index (κ2) is 11.1. The fraction of sp³-hybridized carbons (Fsp3) is 0.231. The van der Waals surface area contributed by atoms with Crippen molar-refractivity contribution < 1.29 is 18.8 Å². The molecule has 2 N–H and O–H groups in total. The van der Waals surface area contributed by atoms with Crippen molar-refractivity contribution in [1.82, 2.24) is 10.3 Å². The van der Waals surface area contributed by atoms with Crippen LogP contribution in [0.5, 0.6) is 0 Å². The normalized spacial score (nSPS) is 13.7. The van der Waals surface area contributed by atoms with Crippen molar-refractivity contribution in [3.63, 3.8) is 0 Å². The SMILES string of the molecule is CC(=O)N(c1nc(/C=C/C(=O)Nc2ccccc2C(=O)NC2CCCC2)cs1)c1ccccc1F. The van der Waals surface area contributed by atoms with Crippen molar-refractivity contribution in [3.05, 3.63) is 77.1 Å². The average Bonchev–Trinajstić information content (AvgIpc) is 3.52. The molecule has 35 heavy (non-hydrogen) atoms. The fourth-order valence-electron chi connectivity index (χ4n) is 3.95. The minimum absolute atomic E-state index is 0.107. The summed E-state index contributed by atoms with van der Waals surface area (Å²) in [6.45, 7) is 1.33. The molecule has 3 aromatic rings. The van der Waals surface area contributed by atoms with Crippen molar-refractivity contribution in [2.75, 3.05) is 10.2 Å². The molecule has 7 nitrogen and oxygen atoms in total. The maximum Gasteiger partial charge on any atom is 0.253 e. The van der Waals surface area contributed by atoms with Crippen LogP contribution in [0, 0.1) is 5.82 Å². The van der Waals surface area contributed by atoms with Crippen molar-refractivity contribution in [3.8, 4) is 0 Å². The molecule has 0 atom stereocenters. The predicted octanol–water partition coefficient (Wildman–Crippen LogP) is 5.29. The van der Waals surface area contributed by atoms with Gasteiger partial charge in [0.2, 0.25) is 11.8 Å². The third kappa shape index (κ3) is 5.99. The first-order valence-electron chi connectivity index (χ1n) is 11.3. The van der Waals surface area contributed by atoms with Gasteiger partial charge in [-0.1, -0.05) is 37.1 Å². The molecule has 180 valence electrons. The number of para-hydroxylation sites is 2. The molecule has 1 aliphatic rings. The predicted molar refractivity (Wildman–Crippen MR) is 135 cm³/mol. The van der Waals surface area contributed by atoms with E-state index < -0.39 is 11.7 Å². The summed E-state index contributed by atoms with van der Waals surface area (Å²) in [5.74, 6) is -1.56. The van der Waals surface area contributed by atoms with Crippen LogP contribution in [0.25, 0.3) is 6.08 Å². The topological polar surface area (TPSA) is 91.4 Å². The van der Waals surface area contributed by atoms with Crippen LogP contribution in [0.3, 0.4) is 0 Å². The number of aromatic nitrogens is 1. The highest BCUT2D eigenvalue weighted by Crippen LogP contribution is 2.31. The Morgan fingerprint density at radius 2 is 1.80 bits per heavy atom. The molecule has 3 amide bonds. The first kappa shape index (κ1) is 24.3. The molecule has 1 heterocycles. The van der Waals surface area contributed by atoms with Crippen LogP contribution >= 0.6 is 11.3 Å². The molecule has 1 aromatic heterocycles. The number of carbonyl (C=O) groups excluding carboxylic acids is 3. The molecule has 1 aliphatic carbocycles. The smallest absolute Gasteiger partial charge is 0.253 e. The lowest BCUT2D eigenvalue weighted by atomic mass is 10.1. The van der Waals surface area contributed by atoms with Gasteiger partial charge in [0.05, 0.1) is 22.6 Å². The number of nitrogens with one attached hydrogen (secondary N) is 2. The summed E-state index contributed by atoms with van der Waals surface area (Å²) in [7, 11) is 0. The fourth-order valence-corrected chi connectivity index (χ4v) is 4.80. The molecular weight excluding hydrogens is 467 g/mol. The quantitative estimate of drug-likeness (QED) is 0.439. The number of rotatable bonds is 7. The number of halogens is 1. The number of hydrogen-bond donors (Lipinski definition) is 2. The Labute approximate surface area is 206 Å². The molecular formula is C26H25FN4O3S. The lowest BCUT2D eigenvalue weighted by molar-refractivity contribution is -0.116. The standard InChI is InChI=1S/C26H25FN4O3S/c1-17(32)31(23-13-7-5-11-21(23)27)26-29-19(16-35-26)14-15-24(33)30-22-12-6-4-10-20(22)25(34)28-18-8-2-3-9-18/h4-7,10-16,18H,2-3,8-9H2,1H3,(H,28,34)(H,30,33)/b15-14+. The van der Waals surface area contributed by atoms with Crippen LogP contribution in [0.15, 0.2) is 60.0 Å². The Hall–Kier alpha value is -3.85. The van der Waals surface area contributed by atoms with Gasteiger partial charge < -0.3 is 10.6 Å². The van der Waals surface area contributed by atoms with Gasteiger partial charge in [0.15, 0.2) is 5.13 Å². The second-order valence-corrected chi connectivity index (χ2v) is 9.02. The number of amides is 3.